The molecule has 1 aliphatic rings. The Bertz CT molecular complexity index is 245. The fourth-order valence-corrected chi connectivity index (χ4v) is 2.03. The van der Waals surface area contributed by atoms with Crippen molar-refractivity contribution in [3.05, 3.63) is 0 Å². The average Bonchev–Trinajstić information content (AvgIpc) is 2.80. The second kappa shape index (κ2) is 6.19. The van der Waals surface area contributed by atoms with Crippen LogP contribution >= 0.6 is 0 Å². The van der Waals surface area contributed by atoms with Gasteiger partial charge in [0, 0.05) is 19.2 Å². The van der Waals surface area contributed by atoms with Gasteiger partial charge in [0.15, 0.2) is 0 Å². The first-order chi connectivity index (χ1) is 7.61. The van der Waals surface area contributed by atoms with Crippen molar-refractivity contribution in [1.82, 2.24) is 10.2 Å². The maximum atomic E-state index is 9.14. The smallest absolute Gasteiger partial charge is 0.105 e. The summed E-state index contributed by atoms with van der Waals surface area (Å²) >= 11 is 0. The van der Waals surface area contributed by atoms with Gasteiger partial charge in [-0.05, 0) is 33.4 Å². The summed E-state index contributed by atoms with van der Waals surface area (Å²) in [5, 5.41) is 12.4. The third-order valence-corrected chi connectivity index (χ3v) is 3.31. The lowest BCUT2D eigenvalue weighted by Gasteiger charge is -2.28. The van der Waals surface area contributed by atoms with E-state index in [2.05, 4.69) is 23.3 Å². The van der Waals surface area contributed by atoms with Gasteiger partial charge >= 0.3 is 0 Å². The van der Waals surface area contributed by atoms with E-state index >= 15 is 0 Å². The highest BCUT2D eigenvalue weighted by Crippen LogP contribution is 2.14. The van der Waals surface area contributed by atoms with Crippen LogP contribution in [0.25, 0.3) is 0 Å². The molecule has 0 amide bonds. The van der Waals surface area contributed by atoms with Crippen LogP contribution in [0.2, 0.25) is 0 Å². The molecule has 0 aromatic heterocycles. The Morgan fingerprint density at radius 1 is 1.62 bits per heavy atom. The van der Waals surface area contributed by atoms with E-state index in [1.165, 1.54) is 0 Å². The Hall–Kier alpha value is -0.630. The van der Waals surface area contributed by atoms with E-state index in [-0.39, 0.29) is 0 Å². The average molecular weight is 225 g/mol. The predicted molar refractivity (Wildman–Crippen MR) is 64.2 cm³/mol. The Morgan fingerprint density at radius 3 is 2.88 bits per heavy atom. The maximum absolute atomic E-state index is 9.14. The molecule has 4 nitrogen and oxygen atoms in total. The molecule has 1 heterocycles. The molecule has 0 radical (unpaired) electrons. The maximum Gasteiger partial charge on any atom is 0.105 e. The SMILES string of the molecule is CCNC(C)(C#N)CCN(C)C1CCOC1. The Labute approximate surface area is 98.6 Å². The zero-order valence-electron chi connectivity index (χ0n) is 10.6. The minimum absolute atomic E-state index is 0.400. The molecule has 1 fully saturated rings. The van der Waals surface area contributed by atoms with Crippen LogP contribution in [0.4, 0.5) is 0 Å². The molecule has 2 atom stereocenters. The van der Waals surface area contributed by atoms with Crippen LogP contribution in [0.3, 0.4) is 0 Å². The van der Waals surface area contributed by atoms with Gasteiger partial charge in [0.25, 0.3) is 0 Å². The van der Waals surface area contributed by atoms with Gasteiger partial charge in [-0.2, -0.15) is 5.26 Å². The molecular formula is C12H23N3O. The lowest BCUT2D eigenvalue weighted by atomic mass is 9.99. The first kappa shape index (κ1) is 13.4. The molecular weight excluding hydrogens is 202 g/mol. The van der Waals surface area contributed by atoms with Crippen molar-refractivity contribution < 1.29 is 4.74 Å². The fourth-order valence-electron chi connectivity index (χ4n) is 2.03. The number of hydrogen-bond donors (Lipinski definition) is 1. The number of nitrogens with one attached hydrogen (secondary N) is 1. The number of likely N-dealkylation sites (N-methyl/N-ethyl adjacent to an activating group) is 1. The number of ether oxygens (including phenoxy) is 1. The molecule has 92 valence electrons. The molecule has 0 saturated carbocycles. The Morgan fingerprint density at radius 2 is 2.38 bits per heavy atom. The highest BCUT2D eigenvalue weighted by Gasteiger charge is 2.25. The van der Waals surface area contributed by atoms with Gasteiger partial charge in [0.05, 0.1) is 12.7 Å². The second-order valence-electron chi connectivity index (χ2n) is 4.72. The van der Waals surface area contributed by atoms with E-state index in [9.17, 15) is 0 Å². The zero-order chi connectivity index (χ0) is 12.0. The summed E-state index contributed by atoms with van der Waals surface area (Å²) in [5.74, 6) is 0. The molecule has 0 aromatic carbocycles. The molecule has 0 spiro atoms. The molecule has 1 N–H and O–H groups in total. The first-order valence-electron chi connectivity index (χ1n) is 6.05. The number of nitriles is 1. The van der Waals surface area contributed by atoms with Gasteiger partial charge in [-0.3, -0.25) is 5.32 Å². The summed E-state index contributed by atoms with van der Waals surface area (Å²) in [6.45, 7) is 7.48. The van der Waals surface area contributed by atoms with Crippen molar-refractivity contribution in [2.24, 2.45) is 0 Å². The third kappa shape index (κ3) is 3.75. The topological polar surface area (TPSA) is 48.3 Å². The van der Waals surface area contributed by atoms with Crippen molar-refractivity contribution in [3.63, 3.8) is 0 Å². The van der Waals surface area contributed by atoms with Crippen LogP contribution in [0, 0.1) is 11.3 Å². The van der Waals surface area contributed by atoms with Gasteiger partial charge in [-0.15, -0.1) is 0 Å². The highest BCUT2D eigenvalue weighted by molar-refractivity contribution is 5.03. The van der Waals surface area contributed by atoms with Crippen molar-refractivity contribution >= 4 is 0 Å². The molecule has 4 heteroatoms. The summed E-state index contributed by atoms with van der Waals surface area (Å²) in [4.78, 5) is 2.31. The zero-order valence-corrected chi connectivity index (χ0v) is 10.6. The summed E-state index contributed by atoms with van der Waals surface area (Å²) in [7, 11) is 2.11. The van der Waals surface area contributed by atoms with Crippen molar-refractivity contribution in [1.29, 1.82) is 5.26 Å². The molecule has 1 saturated heterocycles. The molecule has 16 heavy (non-hydrogen) atoms. The van der Waals surface area contributed by atoms with Crippen LogP contribution in [0.15, 0.2) is 0 Å². The predicted octanol–water partition coefficient (Wildman–Crippen LogP) is 0.989. The minimum Gasteiger partial charge on any atom is -0.380 e. The van der Waals surface area contributed by atoms with E-state index in [0.717, 1.165) is 39.1 Å². The van der Waals surface area contributed by atoms with E-state index in [0.29, 0.717) is 6.04 Å². The summed E-state index contributed by atoms with van der Waals surface area (Å²) in [6.07, 6.45) is 1.96. The summed E-state index contributed by atoms with van der Waals surface area (Å²) < 4.78 is 5.36. The third-order valence-electron chi connectivity index (χ3n) is 3.31. The molecule has 0 bridgehead atoms. The van der Waals surface area contributed by atoms with E-state index in [1.807, 2.05) is 13.8 Å². The largest absolute Gasteiger partial charge is 0.380 e. The summed E-state index contributed by atoms with van der Waals surface area (Å²) in [5.41, 5.74) is -0.400. The molecule has 2 unspecified atom stereocenters. The second-order valence-corrected chi connectivity index (χ2v) is 4.72. The van der Waals surface area contributed by atoms with Gasteiger partial charge in [-0.25, -0.2) is 0 Å². The monoisotopic (exact) mass is 225 g/mol. The van der Waals surface area contributed by atoms with Crippen molar-refractivity contribution in [2.45, 2.75) is 38.3 Å². The minimum atomic E-state index is -0.400. The quantitative estimate of drug-likeness (QED) is 0.732. The van der Waals surface area contributed by atoms with Crippen molar-refractivity contribution in [3.8, 4) is 6.07 Å². The molecule has 1 aliphatic heterocycles. The lowest BCUT2D eigenvalue weighted by molar-refractivity contribution is 0.154. The summed E-state index contributed by atoms with van der Waals surface area (Å²) in [6, 6.07) is 2.89. The van der Waals surface area contributed by atoms with Gasteiger partial charge in [-0.1, -0.05) is 6.92 Å². The standard InChI is InChI=1S/C12H23N3O/c1-4-14-12(2,10-13)6-7-15(3)11-5-8-16-9-11/h11,14H,4-9H2,1-3H3. The molecule has 0 aromatic rings. The van der Waals surface area contributed by atoms with E-state index in [4.69, 9.17) is 10.00 Å². The van der Waals surface area contributed by atoms with Gasteiger partial charge < -0.3 is 9.64 Å². The van der Waals surface area contributed by atoms with Gasteiger partial charge in [0.2, 0.25) is 0 Å². The first-order valence-corrected chi connectivity index (χ1v) is 6.05. The molecule has 1 rings (SSSR count). The number of rotatable bonds is 6. The molecule has 0 aliphatic carbocycles. The van der Waals surface area contributed by atoms with E-state index < -0.39 is 5.54 Å². The van der Waals surface area contributed by atoms with Crippen LogP contribution < -0.4 is 5.32 Å². The van der Waals surface area contributed by atoms with Crippen LogP contribution in [0.5, 0.6) is 0 Å². The van der Waals surface area contributed by atoms with E-state index in [1.54, 1.807) is 0 Å². The Balaban J connectivity index is 2.34. The highest BCUT2D eigenvalue weighted by atomic mass is 16.5. The lowest BCUT2D eigenvalue weighted by Crippen LogP contribution is -2.44. The number of hydrogen-bond acceptors (Lipinski definition) is 4. The van der Waals surface area contributed by atoms with Gasteiger partial charge in [0.1, 0.15) is 5.54 Å². The Kier molecular flexibility index (Phi) is 5.20. The van der Waals surface area contributed by atoms with Crippen LogP contribution in [0.1, 0.15) is 26.7 Å². The normalized spacial score (nSPS) is 24.3. The van der Waals surface area contributed by atoms with Crippen LogP contribution in [-0.4, -0.2) is 49.8 Å². The van der Waals surface area contributed by atoms with Crippen LogP contribution in [-0.2, 0) is 4.74 Å². The fraction of sp³-hybridized carbons (Fsp3) is 0.917. The van der Waals surface area contributed by atoms with Crippen molar-refractivity contribution in [2.75, 3.05) is 33.4 Å². The number of nitrogens with zero attached hydrogens (tertiary/aromatic N) is 2.